The van der Waals surface area contributed by atoms with E-state index in [4.69, 9.17) is 9.84 Å². The first kappa shape index (κ1) is 15.1. The average molecular weight is 412 g/mol. The van der Waals surface area contributed by atoms with E-state index < -0.39 is 0 Å². The molecule has 0 aliphatic carbocycles. The normalized spacial score (nSPS) is 21.3. The van der Waals surface area contributed by atoms with Crippen molar-refractivity contribution in [2.24, 2.45) is 5.10 Å². The van der Waals surface area contributed by atoms with Crippen LogP contribution in [0.1, 0.15) is 34.7 Å². The summed E-state index contributed by atoms with van der Waals surface area (Å²) in [6.07, 6.45) is 4.24. The molecule has 0 spiro atoms. The fraction of sp³-hybridized carbons (Fsp3) is 0.158. The van der Waals surface area contributed by atoms with Gasteiger partial charge in [-0.25, -0.2) is 5.01 Å². The fourth-order valence-electron chi connectivity index (χ4n) is 3.40. The maximum Gasteiger partial charge on any atom is 0.213 e. The Morgan fingerprint density at radius 3 is 2.84 bits per heavy atom. The largest absolute Gasteiger partial charge is 0.464 e. The highest BCUT2D eigenvalue weighted by Crippen LogP contribution is 2.48. The van der Waals surface area contributed by atoms with Crippen LogP contribution in [0.4, 0.5) is 0 Å². The quantitative estimate of drug-likeness (QED) is 0.585. The van der Waals surface area contributed by atoms with E-state index in [9.17, 15) is 0 Å². The molecule has 5 rings (SSSR count). The molecule has 4 nitrogen and oxygen atoms in total. The number of rotatable bonds is 2. The van der Waals surface area contributed by atoms with Crippen molar-refractivity contribution in [3.8, 4) is 5.75 Å². The van der Waals surface area contributed by atoms with E-state index in [1.165, 1.54) is 10.4 Å². The van der Waals surface area contributed by atoms with Crippen molar-refractivity contribution < 1.29 is 4.74 Å². The Morgan fingerprint density at radius 2 is 2.04 bits per heavy atom. The Morgan fingerprint density at radius 1 is 1.16 bits per heavy atom. The third-order valence-electron chi connectivity index (χ3n) is 4.55. The molecule has 0 radical (unpaired) electrons. The lowest BCUT2D eigenvalue weighted by atomic mass is 9.98. The Labute approximate surface area is 157 Å². The molecule has 0 fully saturated rings. The van der Waals surface area contributed by atoms with Crippen molar-refractivity contribution in [2.45, 2.75) is 18.7 Å². The van der Waals surface area contributed by atoms with E-state index in [1.54, 1.807) is 23.7 Å². The Balaban J connectivity index is 1.62. The summed E-state index contributed by atoms with van der Waals surface area (Å²) in [5.41, 5.74) is 3.36. The summed E-state index contributed by atoms with van der Waals surface area (Å²) in [4.78, 5) is 5.34. The lowest BCUT2D eigenvalue weighted by molar-refractivity contribution is -0.0191. The second-order valence-electron chi connectivity index (χ2n) is 6.06. The van der Waals surface area contributed by atoms with Crippen molar-refractivity contribution in [2.75, 3.05) is 0 Å². The van der Waals surface area contributed by atoms with Crippen LogP contribution in [0.2, 0.25) is 0 Å². The molecule has 0 saturated heterocycles. The van der Waals surface area contributed by atoms with Gasteiger partial charge in [-0.05, 0) is 41.8 Å². The molecule has 0 bridgehead atoms. The molecule has 6 heteroatoms. The minimum absolute atomic E-state index is 0.177. The van der Waals surface area contributed by atoms with E-state index in [2.05, 4.69) is 49.5 Å². The Hall–Kier alpha value is -2.18. The van der Waals surface area contributed by atoms with Crippen LogP contribution in [0.25, 0.3) is 0 Å². The Bertz CT molecular complexity index is 943. The number of hydrogen-bond acceptors (Lipinski definition) is 5. The van der Waals surface area contributed by atoms with E-state index in [-0.39, 0.29) is 12.3 Å². The summed E-state index contributed by atoms with van der Waals surface area (Å²) in [6.45, 7) is 0. The third kappa shape index (κ3) is 2.56. The topological polar surface area (TPSA) is 37.7 Å². The Kier molecular flexibility index (Phi) is 3.60. The van der Waals surface area contributed by atoms with Gasteiger partial charge in [0.05, 0.1) is 16.6 Å². The number of halogens is 1. The van der Waals surface area contributed by atoms with Crippen molar-refractivity contribution in [1.29, 1.82) is 0 Å². The zero-order chi connectivity index (χ0) is 16.8. The second kappa shape index (κ2) is 5.97. The summed E-state index contributed by atoms with van der Waals surface area (Å²) >= 11 is 5.31. The molecule has 0 amide bonds. The molecular weight excluding hydrogens is 398 g/mol. The predicted octanol–water partition coefficient (Wildman–Crippen LogP) is 5.15. The highest BCUT2D eigenvalue weighted by molar-refractivity contribution is 9.10. The SMILES string of the molecule is Brc1ccc2c(c1)C1CC(c3cccs3)=NN1C(c1ccncc1)O2. The summed E-state index contributed by atoms with van der Waals surface area (Å²) in [7, 11) is 0. The standard InChI is InChI=1S/C19H14BrN3OS/c20-13-3-4-17-14(10-13)16-11-15(18-2-1-9-25-18)22-23(16)19(24-17)12-5-7-21-8-6-12/h1-10,16,19H,11H2. The van der Waals surface area contributed by atoms with Crippen LogP contribution < -0.4 is 4.74 Å². The number of pyridine rings is 1. The van der Waals surface area contributed by atoms with E-state index in [1.807, 2.05) is 24.3 Å². The summed E-state index contributed by atoms with van der Waals surface area (Å²) < 4.78 is 7.38. The van der Waals surface area contributed by atoms with Gasteiger partial charge in [0.25, 0.3) is 0 Å². The summed E-state index contributed by atoms with van der Waals surface area (Å²) in [6, 6.07) is 14.6. The van der Waals surface area contributed by atoms with Gasteiger partial charge in [-0.1, -0.05) is 22.0 Å². The number of fused-ring (bicyclic) bond motifs is 3. The molecule has 25 heavy (non-hydrogen) atoms. The van der Waals surface area contributed by atoms with Crippen LogP contribution in [0.5, 0.6) is 5.75 Å². The van der Waals surface area contributed by atoms with Gasteiger partial charge in [-0.2, -0.15) is 5.10 Å². The van der Waals surface area contributed by atoms with E-state index in [0.717, 1.165) is 27.9 Å². The predicted molar refractivity (Wildman–Crippen MR) is 102 cm³/mol. The molecular formula is C19H14BrN3OS. The molecule has 124 valence electrons. The first-order valence-electron chi connectivity index (χ1n) is 8.05. The van der Waals surface area contributed by atoms with Crippen LogP contribution in [0.15, 0.2) is 69.8 Å². The van der Waals surface area contributed by atoms with Crippen LogP contribution in [-0.4, -0.2) is 15.7 Å². The number of benzene rings is 1. The van der Waals surface area contributed by atoms with Crippen molar-refractivity contribution in [1.82, 2.24) is 9.99 Å². The molecule has 1 aromatic carbocycles. The number of hydrogen-bond donors (Lipinski definition) is 0. The van der Waals surface area contributed by atoms with Gasteiger partial charge < -0.3 is 4.74 Å². The van der Waals surface area contributed by atoms with Crippen LogP contribution in [-0.2, 0) is 0 Å². The molecule has 0 saturated carbocycles. The van der Waals surface area contributed by atoms with Gasteiger partial charge >= 0.3 is 0 Å². The van der Waals surface area contributed by atoms with Crippen molar-refractivity contribution in [3.63, 3.8) is 0 Å². The number of hydrazone groups is 1. The van der Waals surface area contributed by atoms with Crippen molar-refractivity contribution >= 4 is 33.0 Å². The zero-order valence-corrected chi connectivity index (χ0v) is 15.6. The second-order valence-corrected chi connectivity index (χ2v) is 7.92. The van der Waals surface area contributed by atoms with Gasteiger partial charge in [-0.15, -0.1) is 11.3 Å². The molecule has 2 aliphatic rings. The summed E-state index contributed by atoms with van der Waals surface area (Å²) in [5, 5.41) is 9.13. The third-order valence-corrected chi connectivity index (χ3v) is 5.96. The molecule has 3 aromatic rings. The number of nitrogens with zero attached hydrogens (tertiary/aromatic N) is 3. The van der Waals surface area contributed by atoms with Crippen LogP contribution in [0.3, 0.4) is 0 Å². The van der Waals surface area contributed by atoms with E-state index >= 15 is 0 Å². The molecule has 2 unspecified atom stereocenters. The lowest BCUT2D eigenvalue weighted by Gasteiger charge is -2.38. The molecule has 2 aromatic heterocycles. The van der Waals surface area contributed by atoms with Crippen LogP contribution >= 0.6 is 27.3 Å². The number of ether oxygens (including phenoxy) is 1. The van der Waals surface area contributed by atoms with Gasteiger partial charge in [0.15, 0.2) is 0 Å². The summed E-state index contributed by atoms with van der Waals surface area (Å²) in [5.74, 6) is 0.925. The van der Waals surface area contributed by atoms with Gasteiger partial charge in [0, 0.05) is 34.4 Å². The molecule has 2 atom stereocenters. The van der Waals surface area contributed by atoms with Crippen LogP contribution in [0, 0.1) is 0 Å². The average Bonchev–Trinajstić information content (AvgIpc) is 3.31. The van der Waals surface area contributed by atoms with Crippen molar-refractivity contribution in [3.05, 3.63) is 80.7 Å². The molecule has 2 aliphatic heterocycles. The monoisotopic (exact) mass is 411 g/mol. The highest BCUT2D eigenvalue weighted by Gasteiger charge is 2.41. The fourth-order valence-corrected chi connectivity index (χ4v) is 4.50. The first-order chi connectivity index (χ1) is 12.3. The van der Waals surface area contributed by atoms with Gasteiger partial charge in [0.1, 0.15) is 5.75 Å². The maximum atomic E-state index is 6.33. The highest BCUT2D eigenvalue weighted by atomic mass is 79.9. The zero-order valence-electron chi connectivity index (χ0n) is 13.2. The lowest BCUT2D eigenvalue weighted by Crippen LogP contribution is -2.33. The first-order valence-corrected chi connectivity index (χ1v) is 9.72. The van der Waals surface area contributed by atoms with E-state index in [0.29, 0.717) is 0 Å². The minimum Gasteiger partial charge on any atom is -0.464 e. The van der Waals surface area contributed by atoms with Gasteiger partial charge in [0.2, 0.25) is 6.23 Å². The smallest absolute Gasteiger partial charge is 0.213 e. The number of thiophene rings is 1. The van der Waals surface area contributed by atoms with Gasteiger partial charge in [-0.3, -0.25) is 4.98 Å². The molecule has 4 heterocycles. The minimum atomic E-state index is -0.237. The molecule has 0 N–H and O–H groups in total. The number of aromatic nitrogens is 1. The maximum absolute atomic E-state index is 6.33.